The molecule has 0 saturated carbocycles. The number of aliphatic carboxylic acids is 1. The van der Waals surface area contributed by atoms with E-state index in [0.717, 1.165) is 5.52 Å². The Morgan fingerprint density at radius 1 is 1.53 bits per heavy atom. The van der Waals surface area contributed by atoms with Gasteiger partial charge in [-0.2, -0.15) is 0 Å². The van der Waals surface area contributed by atoms with Gasteiger partial charge in [0.25, 0.3) is 0 Å². The van der Waals surface area contributed by atoms with E-state index in [2.05, 4.69) is 4.98 Å². The highest BCUT2D eigenvalue weighted by Crippen LogP contribution is 2.11. The molecule has 1 unspecified atom stereocenters. The summed E-state index contributed by atoms with van der Waals surface area (Å²) >= 11 is 0. The SMILES string of the molecule is CC(Cn1c(=O)n(C)c2ccncc21)C(=O)O. The van der Waals surface area contributed by atoms with Crippen LogP contribution in [0.3, 0.4) is 0 Å². The molecule has 6 nitrogen and oxygen atoms in total. The number of aryl methyl sites for hydroxylation is 1. The highest BCUT2D eigenvalue weighted by atomic mass is 16.4. The smallest absolute Gasteiger partial charge is 0.328 e. The monoisotopic (exact) mass is 235 g/mol. The Kier molecular flexibility index (Phi) is 2.71. The highest BCUT2D eigenvalue weighted by Gasteiger charge is 2.16. The van der Waals surface area contributed by atoms with Crippen LogP contribution < -0.4 is 5.69 Å². The number of pyridine rings is 1. The quantitative estimate of drug-likeness (QED) is 0.838. The van der Waals surface area contributed by atoms with Gasteiger partial charge in [-0.05, 0) is 6.07 Å². The summed E-state index contributed by atoms with van der Waals surface area (Å²) in [7, 11) is 1.66. The molecule has 0 fully saturated rings. The van der Waals surface area contributed by atoms with E-state index in [1.165, 1.54) is 9.13 Å². The van der Waals surface area contributed by atoms with Crippen molar-refractivity contribution in [2.45, 2.75) is 13.5 Å². The fourth-order valence-corrected chi connectivity index (χ4v) is 1.79. The first-order valence-corrected chi connectivity index (χ1v) is 5.24. The molecule has 0 bridgehead atoms. The molecule has 0 aliphatic rings. The molecule has 1 N–H and O–H groups in total. The molecule has 0 amide bonds. The normalized spacial score (nSPS) is 12.8. The molecule has 2 rings (SSSR count). The second-order valence-corrected chi connectivity index (χ2v) is 4.06. The van der Waals surface area contributed by atoms with Crippen LogP contribution in [0, 0.1) is 5.92 Å². The van der Waals surface area contributed by atoms with Crippen molar-refractivity contribution in [1.82, 2.24) is 14.1 Å². The van der Waals surface area contributed by atoms with Gasteiger partial charge in [-0.3, -0.25) is 18.9 Å². The summed E-state index contributed by atoms with van der Waals surface area (Å²) in [5, 5.41) is 8.88. The minimum absolute atomic E-state index is 0.150. The number of rotatable bonds is 3. The molecule has 2 aromatic rings. The molecular formula is C11H13N3O3. The third-order valence-electron chi connectivity index (χ3n) is 2.83. The van der Waals surface area contributed by atoms with Gasteiger partial charge < -0.3 is 5.11 Å². The van der Waals surface area contributed by atoms with Crippen LogP contribution in [-0.2, 0) is 18.4 Å². The molecule has 6 heteroatoms. The van der Waals surface area contributed by atoms with E-state index in [-0.39, 0.29) is 12.2 Å². The van der Waals surface area contributed by atoms with Crippen molar-refractivity contribution < 1.29 is 9.90 Å². The summed E-state index contributed by atoms with van der Waals surface area (Å²) < 4.78 is 2.94. The van der Waals surface area contributed by atoms with E-state index in [1.54, 1.807) is 32.4 Å². The largest absolute Gasteiger partial charge is 0.481 e. The number of carboxylic acids is 1. The minimum atomic E-state index is -0.919. The van der Waals surface area contributed by atoms with Gasteiger partial charge in [-0.1, -0.05) is 6.92 Å². The third-order valence-corrected chi connectivity index (χ3v) is 2.83. The molecule has 0 saturated heterocycles. The average molecular weight is 235 g/mol. The number of carboxylic acid groups (broad SMARTS) is 1. The Bertz CT molecular complexity index is 626. The lowest BCUT2D eigenvalue weighted by molar-refractivity contribution is -0.141. The fraction of sp³-hybridized carbons (Fsp3) is 0.364. The number of hydrogen-bond acceptors (Lipinski definition) is 3. The zero-order valence-corrected chi connectivity index (χ0v) is 9.62. The maximum absolute atomic E-state index is 12.0. The van der Waals surface area contributed by atoms with Crippen LogP contribution >= 0.6 is 0 Å². The minimum Gasteiger partial charge on any atom is -0.481 e. The highest BCUT2D eigenvalue weighted by molar-refractivity contribution is 5.75. The Labute approximate surface area is 97.1 Å². The lowest BCUT2D eigenvalue weighted by Crippen LogP contribution is -2.27. The van der Waals surface area contributed by atoms with E-state index in [4.69, 9.17) is 5.11 Å². The lowest BCUT2D eigenvalue weighted by Gasteiger charge is -2.06. The average Bonchev–Trinajstić information content (AvgIpc) is 2.55. The summed E-state index contributed by atoms with van der Waals surface area (Å²) in [6.45, 7) is 1.72. The van der Waals surface area contributed by atoms with Crippen LogP contribution in [0.2, 0.25) is 0 Å². The van der Waals surface area contributed by atoms with Crippen molar-refractivity contribution in [3.63, 3.8) is 0 Å². The number of fused-ring (bicyclic) bond motifs is 1. The summed E-state index contributed by atoms with van der Waals surface area (Å²) in [5.41, 5.74) is 1.19. The Morgan fingerprint density at radius 3 is 2.88 bits per heavy atom. The van der Waals surface area contributed by atoms with E-state index in [9.17, 15) is 9.59 Å². The molecule has 0 aliphatic carbocycles. The van der Waals surface area contributed by atoms with Gasteiger partial charge in [0, 0.05) is 19.8 Å². The predicted octanol–water partition coefficient (Wildman–Crippen LogP) is 0.456. The van der Waals surface area contributed by atoms with E-state index in [0.29, 0.717) is 5.52 Å². The fourth-order valence-electron chi connectivity index (χ4n) is 1.79. The third kappa shape index (κ3) is 1.82. The molecule has 1 atom stereocenters. The molecule has 0 spiro atoms. The maximum atomic E-state index is 12.0. The second kappa shape index (κ2) is 4.04. The molecule has 90 valence electrons. The van der Waals surface area contributed by atoms with Gasteiger partial charge in [0.1, 0.15) is 0 Å². The first kappa shape index (κ1) is 11.4. The number of hydrogen-bond donors (Lipinski definition) is 1. The number of imidazole rings is 1. The summed E-state index contributed by atoms with van der Waals surface area (Å²) in [6.07, 6.45) is 3.18. The molecule has 0 radical (unpaired) electrons. The van der Waals surface area contributed by atoms with E-state index < -0.39 is 11.9 Å². The predicted molar refractivity (Wildman–Crippen MR) is 61.8 cm³/mol. The Hall–Kier alpha value is -2.11. The molecule has 2 aromatic heterocycles. The molecular weight excluding hydrogens is 222 g/mol. The van der Waals surface area contributed by atoms with Crippen molar-refractivity contribution in [1.29, 1.82) is 0 Å². The van der Waals surface area contributed by atoms with Crippen molar-refractivity contribution in [3.05, 3.63) is 28.9 Å². The zero-order chi connectivity index (χ0) is 12.6. The summed E-state index contributed by atoms with van der Waals surface area (Å²) in [4.78, 5) is 26.7. The summed E-state index contributed by atoms with van der Waals surface area (Å²) in [6, 6.07) is 1.73. The number of nitrogens with zero attached hydrogens (tertiary/aromatic N) is 3. The van der Waals surface area contributed by atoms with Gasteiger partial charge in [-0.15, -0.1) is 0 Å². The number of aromatic nitrogens is 3. The van der Waals surface area contributed by atoms with Crippen LogP contribution in [-0.4, -0.2) is 25.2 Å². The van der Waals surface area contributed by atoms with Crippen LogP contribution in [0.5, 0.6) is 0 Å². The topological polar surface area (TPSA) is 77.1 Å². The lowest BCUT2D eigenvalue weighted by atomic mass is 10.2. The van der Waals surface area contributed by atoms with Gasteiger partial charge in [-0.25, -0.2) is 4.79 Å². The van der Waals surface area contributed by atoms with Crippen LogP contribution in [0.15, 0.2) is 23.3 Å². The maximum Gasteiger partial charge on any atom is 0.328 e. The van der Waals surface area contributed by atoms with Gasteiger partial charge in [0.05, 0.1) is 23.1 Å². The molecule has 17 heavy (non-hydrogen) atoms. The zero-order valence-electron chi connectivity index (χ0n) is 9.62. The second-order valence-electron chi connectivity index (χ2n) is 4.06. The van der Waals surface area contributed by atoms with Crippen LogP contribution in [0.1, 0.15) is 6.92 Å². The standard InChI is InChI=1S/C11H13N3O3/c1-7(10(15)16)6-14-9-5-12-4-3-8(9)13(2)11(14)17/h3-5,7H,6H2,1-2H3,(H,15,16). The Morgan fingerprint density at radius 2 is 2.24 bits per heavy atom. The Balaban J connectivity index is 2.58. The van der Waals surface area contributed by atoms with Gasteiger partial charge in [0.2, 0.25) is 0 Å². The van der Waals surface area contributed by atoms with Crippen LogP contribution in [0.4, 0.5) is 0 Å². The van der Waals surface area contributed by atoms with Crippen molar-refractivity contribution in [2.24, 2.45) is 13.0 Å². The first-order valence-electron chi connectivity index (χ1n) is 5.24. The van der Waals surface area contributed by atoms with Gasteiger partial charge in [0.15, 0.2) is 0 Å². The van der Waals surface area contributed by atoms with Crippen LogP contribution in [0.25, 0.3) is 11.0 Å². The van der Waals surface area contributed by atoms with Crippen molar-refractivity contribution in [3.8, 4) is 0 Å². The van der Waals surface area contributed by atoms with E-state index in [1.807, 2.05) is 0 Å². The first-order chi connectivity index (χ1) is 8.02. The van der Waals surface area contributed by atoms with Gasteiger partial charge >= 0.3 is 11.7 Å². The molecule has 0 aliphatic heterocycles. The van der Waals surface area contributed by atoms with Crippen molar-refractivity contribution in [2.75, 3.05) is 0 Å². The molecule has 2 heterocycles. The number of carbonyl (C=O) groups is 1. The summed E-state index contributed by atoms with van der Waals surface area (Å²) in [5.74, 6) is -1.53. The van der Waals surface area contributed by atoms with Crippen molar-refractivity contribution >= 4 is 17.0 Å². The van der Waals surface area contributed by atoms with E-state index >= 15 is 0 Å². The molecule has 0 aromatic carbocycles.